The highest BCUT2D eigenvalue weighted by Gasteiger charge is 2.07. The zero-order valence-electron chi connectivity index (χ0n) is 8.00. The van der Waals surface area contributed by atoms with Crippen LogP contribution in [0.1, 0.15) is 30.3 Å². The minimum Gasteiger partial charge on any atom is -0.461 e. The van der Waals surface area contributed by atoms with Crippen LogP contribution in [-0.2, 0) is 4.74 Å². The highest BCUT2D eigenvalue weighted by Crippen LogP contribution is 2.10. The summed E-state index contributed by atoms with van der Waals surface area (Å²) in [6.07, 6.45) is 3.47. The Kier molecular flexibility index (Phi) is 4.59. The van der Waals surface area contributed by atoms with Crippen molar-refractivity contribution < 1.29 is 9.53 Å². The zero-order valence-corrected chi connectivity index (χ0v) is 9.58. The number of rotatable bonds is 4. The summed E-state index contributed by atoms with van der Waals surface area (Å²) in [6, 6.07) is 3.41. The van der Waals surface area contributed by atoms with E-state index in [9.17, 15) is 4.79 Å². The Balaban J connectivity index is 2.52. The Morgan fingerprint density at radius 2 is 2.43 bits per heavy atom. The lowest BCUT2D eigenvalue weighted by molar-refractivity contribution is 0.0493. The molecule has 0 amide bonds. The molecule has 0 fully saturated rings. The van der Waals surface area contributed by atoms with E-state index in [1.54, 1.807) is 18.3 Å². The molecule has 0 spiro atoms. The van der Waals surface area contributed by atoms with Gasteiger partial charge in [0.2, 0.25) is 0 Å². The second-order valence-electron chi connectivity index (χ2n) is 2.85. The number of aromatic nitrogens is 1. The SMILES string of the molecule is CCCCOC(=O)c1cc(Br)ccn1. The Hall–Kier alpha value is -0.900. The quantitative estimate of drug-likeness (QED) is 0.615. The van der Waals surface area contributed by atoms with Gasteiger partial charge in [-0.15, -0.1) is 0 Å². The highest BCUT2D eigenvalue weighted by atomic mass is 79.9. The van der Waals surface area contributed by atoms with Crippen LogP contribution in [0.4, 0.5) is 0 Å². The molecule has 4 heteroatoms. The minimum atomic E-state index is -0.361. The Morgan fingerprint density at radius 3 is 3.07 bits per heavy atom. The average molecular weight is 258 g/mol. The van der Waals surface area contributed by atoms with Crippen LogP contribution >= 0.6 is 15.9 Å². The van der Waals surface area contributed by atoms with E-state index in [1.807, 2.05) is 6.92 Å². The van der Waals surface area contributed by atoms with Gasteiger partial charge < -0.3 is 4.74 Å². The molecule has 0 N–H and O–H groups in total. The number of pyridine rings is 1. The Bertz CT molecular complexity index is 315. The van der Waals surface area contributed by atoms with E-state index in [0.29, 0.717) is 12.3 Å². The maximum Gasteiger partial charge on any atom is 0.356 e. The Morgan fingerprint density at radius 1 is 1.64 bits per heavy atom. The third kappa shape index (κ3) is 3.46. The molecule has 0 saturated heterocycles. The first-order valence-corrected chi connectivity index (χ1v) is 5.32. The first-order chi connectivity index (χ1) is 6.74. The highest BCUT2D eigenvalue weighted by molar-refractivity contribution is 9.10. The third-order valence-corrected chi connectivity index (χ3v) is 2.16. The van der Waals surface area contributed by atoms with Crippen molar-refractivity contribution in [1.29, 1.82) is 0 Å². The van der Waals surface area contributed by atoms with Gasteiger partial charge >= 0.3 is 5.97 Å². The van der Waals surface area contributed by atoms with Gasteiger partial charge in [0.15, 0.2) is 0 Å². The maximum absolute atomic E-state index is 11.4. The van der Waals surface area contributed by atoms with Gasteiger partial charge in [0.1, 0.15) is 5.69 Å². The van der Waals surface area contributed by atoms with E-state index in [0.717, 1.165) is 17.3 Å². The number of hydrogen-bond donors (Lipinski definition) is 0. The van der Waals surface area contributed by atoms with Crippen LogP contribution in [0, 0.1) is 0 Å². The van der Waals surface area contributed by atoms with E-state index < -0.39 is 0 Å². The van der Waals surface area contributed by atoms with Crippen molar-refractivity contribution in [1.82, 2.24) is 4.98 Å². The van der Waals surface area contributed by atoms with E-state index >= 15 is 0 Å². The van der Waals surface area contributed by atoms with E-state index in [4.69, 9.17) is 4.74 Å². The third-order valence-electron chi connectivity index (χ3n) is 1.66. The van der Waals surface area contributed by atoms with Crippen LogP contribution < -0.4 is 0 Å². The van der Waals surface area contributed by atoms with Gasteiger partial charge in [-0.05, 0) is 18.6 Å². The summed E-state index contributed by atoms with van der Waals surface area (Å²) in [6.45, 7) is 2.51. The summed E-state index contributed by atoms with van der Waals surface area (Å²) in [5.74, 6) is -0.361. The summed E-state index contributed by atoms with van der Waals surface area (Å²) < 4.78 is 5.83. The smallest absolute Gasteiger partial charge is 0.356 e. The summed E-state index contributed by atoms with van der Waals surface area (Å²) in [4.78, 5) is 15.3. The van der Waals surface area contributed by atoms with Crippen molar-refractivity contribution in [2.24, 2.45) is 0 Å². The number of nitrogens with zero attached hydrogens (tertiary/aromatic N) is 1. The normalized spacial score (nSPS) is 9.86. The molecule has 0 aliphatic heterocycles. The van der Waals surface area contributed by atoms with Crippen LogP contribution in [0.5, 0.6) is 0 Å². The second kappa shape index (κ2) is 5.75. The fourth-order valence-electron chi connectivity index (χ4n) is 0.900. The molecule has 0 aliphatic rings. The molecular formula is C10H12BrNO2. The zero-order chi connectivity index (χ0) is 10.4. The second-order valence-corrected chi connectivity index (χ2v) is 3.76. The van der Waals surface area contributed by atoms with Crippen LogP contribution in [-0.4, -0.2) is 17.6 Å². The van der Waals surface area contributed by atoms with Crippen molar-refractivity contribution in [3.63, 3.8) is 0 Å². The molecule has 0 aromatic carbocycles. The lowest BCUT2D eigenvalue weighted by Gasteiger charge is -2.02. The molecule has 1 heterocycles. The Labute approximate surface area is 91.6 Å². The first-order valence-electron chi connectivity index (χ1n) is 4.52. The number of carbonyl (C=O) groups excluding carboxylic acids is 1. The van der Waals surface area contributed by atoms with Gasteiger partial charge in [0.25, 0.3) is 0 Å². The number of halogens is 1. The molecule has 14 heavy (non-hydrogen) atoms. The van der Waals surface area contributed by atoms with Crippen molar-refractivity contribution in [2.75, 3.05) is 6.61 Å². The summed E-state index contributed by atoms with van der Waals surface area (Å²) >= 11 is 3.26. The van der Waals surface area contributed by atoms with Crippen LogP contribution in [0.3, 0.4) is 0 Å². The van der Waals surface area contributed by atoms with Gasteiger partial charge in [-0.3, -0.25) is 0 Å². The molecule has 0 unspecified atom stereocenters. The number of esters is 1. The fraction of sp³-hybridized carbons (Fsp3) is 0.400. The molecule has 1 aromatic rings. The van der Waals surface area contributed by atoms with Crippen LogP contribution in [0.15, 0.2) is 22.8 Å². The molecule has 0 bridgehead atoms. The van der Waals surface area contributed by atoms with Crippen LogP contribution in [0.25, 0.3) is 0 Å². The van der Waals surface area contributed by atoms with E-state index in [-0.39, 0.29) is 5.97 Å². The number of carbonyl (C=O) groups is 1. The predicted molar refractivity (Wildman–Crippen MR) is 57.1 cm³/mol. The minimum absolute atomic E-state index is 0.343. The molecule has 0 aliphatic carbocycles. The molecular weight excluding hydrogens is 246 g/mol. The molecule has 0 atom stereocenters. The topological polar surface area (TPSA) is 39.2 Å². The van der Waals surface area contributed by atoms with Gasteiger partial charge in [0.05, 0.1) is 6.61 Å². The largest absolute Gasteiger partial charge is 0.461 e. The van der Waals surface area contributed by atoms with Gasteiger partial charge in [-0.2, -0.15) is 0 Å². The average Bonchev–Trinajstić information content (AvgIpc) is 2.18. The van der Waals surface area contributed by atoms with Crippen molar-refractivity contribution in [3.8, 4) is 0 Å². The fourth-order valence-corrected chi connectivity index (χ4v) is 1.23. The number of unbranched alkanes of at least 4 members (excludes halogenated alkanes) is 1. The van der Waals surface area contributed by atoms with Crippen molar-refractivity contribution >= 4 is 21.9 Å². The van der Waals surface area contributed by atoms with E-state index in [1.165, 1.54) is 0 Å². The molecule has 1 aromatic heterocycles. The van der Waals surface area contributed by atoms with Crippen molar-refractivity contribution in [3.05, 3.63) is 28.5 Å². The summed E-state index contributed by atoms with van der Waals surface area (Å²) in [7, 11) is 0. The molecule has 1 rings (SSSR count). The number of hydrogen-bond acceptors (Lipinski definition) is 3. The molecule has 0 radical (unpaired) electrons. The monoisotopic (exact) mass is 257 g/mol. The first kappa shape index (κ1) is 11.2. The van der Waals surface area contributed by atoms with Crippen LogP contribution in [0.2, 0.25) is 0 Å². The standard InChI is InChI=1S/C10H12BrNO2/c1-2-3-6-14-10(13)9-7-8(11)4-5-12-9/h4-5,7H,2-3,6H2,1H3. The van der Waals surface area contributed by atoms with Crippen molar-refractivity contribution in [2.45, 2.75) is 19.8 Å². The lowest BCUT2D eigenvalue weighted by atomic mass is 10.3. The molecule has 3 nitrogen and oxygen atoms in total. The van der Waals surface area contributed by atoms with Gasteiger partial charge in [-0.25, -0.2) is 9.78 Å². The lowest BCUT2D eigenvalue weighted by Crippen LogP contribution is -2.08. The van der Waals surface area contributed by atoms with E-state index in [2.05, 4.69) is 20.9 Å². The van der Waals surface area contributed by atoms with Gasteiger partial charge in [-0.1, -0.05) is 29.3 Å². The number of ether oxygens (including phenoxy) is 1. The molecule has 0 saturated carbocycles. The maximum atomic E-state index is 11.4. The predicted octanol–water partition coefficient (Wildman–Crippen LogP) is 2.80. The van der Waals surface area contributed by atoms with Gasteiger partial charge in [0, 0.05) is 10.7 Å². The summed E-state index contributed by atoms with van der Waals surface area (Å²) in [5.41, 5.74) is 0.343. The molecule has 76 valence electrons. The summed E-state index contributed by atoms with van der Waals surface area (Å²) in [5, 5.41) is 0.